The van der Waals surface area contributed by atoms with E-state index in [0.717, 1.165) is 12.8 Å². The van der Waals surface area contributed by atoms with Crippen LogP contribution in [0.25, 0.3) is 0 Å². The van der Waals surface area contributed by atoms with Gasteiger partial charge in [-0.3, -0.25) is 0 Å². The molecule has 0 N–H and O–H groups in total. The maximum absolute atomic E-state index is 10.5. The highest BCUT2D eigenvalue weighted by molar-refractivity contribution is 4.58. The van der Waals surface area contributed by atoms with Crippen LogP contribution in [0.3, 0.4) is 0 Å². The Morgan fingerprint density at radius 3 is 2.62 bits per heavy atom. The Hall–Kier alpha value is -0.0800. The second-order valence-electron chi connectivity index (χ2n) is 2.31. The van der Waals surface area contributed by atoms with E-state index in [9.17, 15) is 5.11 Å². The molecule has 0 bridgehead atoms. The average Bonchev–Trinajstić information content (AvgIpc) is 1.64. The van der Waals surface area contributed by atoms with Gasteiger partial charge < -0.3 is 9.84 Å². The standard InChI is InChI=1S/C6H11O2/c1-5-3-2-4-6(7)8-5/h5-6H,2-4H2,1H3/q-1/t5-,6+/m0/s1. The first kappa shape index (κ1) is 6.05. The number of hydrogen-bond donors (Lipinski definition) is 0. The number of hydrogen-bond acceptors (Lipinski definition) is 2. The minimum atomic E-state index is -0.737. The molecular weight excluding hydrogens is 104 g/mol. The smallest absolute Gasteiger partial charge is 0.0532 e. The van der Waals surface area contributed by atoms with Crippen LogP contribution in [-0.4, -0.2) is 12.4 Å². The summed E-state index contributed by atoms with van der Waals surface area (Å²) in [5.74, 6) is 0. The minimum Gasteiger partial charge on any atom is -0.831 e. The zero-order chi connectivity index (χ0) is 5.98. The molecule has 0 saturated carbocycles. The van der Waals surface area contributed by atoms with Gasteiger partial charge >= 0.3 is 0 Å². The summed E-state index contributed by atoms with van der Waals surface area (Å²) in [6.07, 6.45) is 2.25. The van der Waals surface area contributed by atoms with Crippen molar-refractivity contribution in [3.63, 3.8) is 0 Å². The van der Waals surface area contributed by atoms with Gasteiger partial charge in [0.15, 0.2) is 0 Å². The van der Waals surface area contributed by atoms with E-state index >= 15 is 0 Å². The Balaban J connectivity index is 2.23. The highest BCUT2D eigenvalue weighted by atomic mass is 16.6. The lowest BCUT2D eigenvalue weighted by Gasteiger charge is -2.31. The highest BCUT2D eigenvalue weighted by Gasteiger charge is 2.09. The van der Waals surface area contributed by atoms with Gasteiger partial charge in [0.05, 0.1) is 6.10 Å². The zero-order valence-corrected chi connectivity index (χ0v) is 5.09. The summed E-state index contributed by atoms with van der Waals surface area (Å²) < 4.78 is 4.93. The van der Waals surface area contributed by atoms with Crippen molar-refractivity contribution in [1.29, 1.82) is 0 Å². The first-order valence-electron chi connectivity index (χ1n) is 3.10. The quantitative estimate of drug-likeness (QED) is 0.453. The molecule has 0 radical (unpaired) electrons. The second-order valence-corrected chi connectivity index (χ2v) is 2.31. The Morgan fingerprint density at radius 1 is 1.50 bits per heavy atom. The molecule has 0 aromatic rings. The van der Waals surface area contributed by atoms with Gasteiger partial charge in [-0.15, -0.1) is 0 Å². The molecule has 0 aromatic carbocycles. The van der Waals surface area contributed by atoms with E-state index in [1.165, 1.54) is 0 Å². The topological polar surface area (TPSA) is 32.3 Å². The van der Waals surface area contributed by atoms with Gasteiger partial charge in [0.2, 0.25) is 0 Å². The molecule has 1 heterocycles. The van der Waals surface area contributed by atoms with Crippen molar-refractivity contribution >= 4 is 0 Å². The van der Waals surface area contributed by atoms with Crippen LogP contribution in [-0.2, 0) is 4.74 Å². The van der Waals surface area contributed by atoms with Gasteiger partial charge in [-0.25, -0.2) is 0 Å². The lowest BCUT2D eigenvalue weighted by molar-refractivity contribution is -0.503. The van der Waals surface area contributed by atoms with E-state index in [0.29, 0.717) is 6.42 Å². The molecule has 0 unspecified atom stereocenters. The lowest BCUT2D eigenvalue weighted by Crippen LogP contribution is -2.35. The molecule has 1 fully saturated rings. The Bertz CT molecular complexity index is 64.9. The summed E-state index contributed by atoms with van der Waals surface area (Å²) in [5, 5.41) is 10.5. The minimum absolute atomic E-state index is 0.200. The van der Waals surface area contributed by atoms with Crippen molar-refractivity contribution in [2.24, 2.45) is 0 Å². The first-order chi connectivity index (χ1) is 3.79. The molecule has 1 aliphatic heterocycles. The van der Waals surface area contributed by atoms with Gasteiger partial charge in [0.25, 0.3) is 0 Å². The predicted molar refractivity (Wildman–Crippen MR) is 28.2 cm³/mol. The summed E-state index contributed by atoms with van der Waals surface area (Å²) in [6, 6.07) is 0. The molecule has 1 saturated heterocycles. The maximum atomic E-state index is 10.5. The SMILES string of the molecule is C[C@H]1CCC[C@H]([O-])O1. The van der Waals surface area contributed by atoms with Crippen molar-refractivity contribution in [2.45, 2.75) is 38.6 Å². The zero-order valence-electron chi connectivity index (χ0n) is 5.09. The van der Waals surface area contributed by atoms with Crippen LogP contribution in [0.15, 0.2) is 0 Å². The van der Waals surface area contributed by atoms with E-state index in [1.807, 2.05) is 6.92 Å². The van der Waals surface area contributed by atoms with Crippen LogP contribution in [0.4, 0.5) is 0 Å². The molecule has 0 aliphatic carbocycles. The van der Waals surface area contributed by atoms with E-state index in [4.69, 9.17) is 4.74 Å². The van der Waals surface area contributed by atoms with E-state index in [2.05, 4.69) is 0 Å². The third-order valence-corrected chi connectivity index (χ3v) is 1.43. The molecule has 1 aliphatic rings. The monoisotopic (exact) mass is 115 g/mol. The fourth-order valence-electron chi connectivity index (χ4n) is 0.967. The molecule has 48 valence electrons. The molecule has 1 rings (SSSR count). The maximum Gasteiger partial charge on any atom is 0.0532 e. The summed E-state index contributed by atoms with van der Waals surface area (Å²) in [7, 11) is 0. The van der Waals surface area contributed by atoms with Crippen LogP contribution in [0, 0.1) is 0 Å². The Labute approximate surface area is 49.5 Å². The van der Waals surface area contributed by atoms with Crippen LogP contribution in [0.5, 0.6) is 0 Å². The molecule has 8 heavy (non-hydrogen) atoms. The van der Waals surface area contributed by atoms with E-state index < -0.39 is 6.29 Å². The van der Waals surface area contributed by atoms with Crippen LogP contribution < -0.4 is 5.11 Å². The molecule has 0 aromatic heterocycles. The number of ether oxygens (including phenoxy) is 1. The first-order valence-corrected chi connectivity index (χ1v) is 3.10. The van der Waals surface area contributed by atoms with Crippen molar-refractivity contribution in [3.05, 3.63) is 0 Å². The molecule has 0 amide bonds. The van der Waals surface area contributed by atoms with E-state index in [-0.39, 0.29) is 6.10 Å². The second kappa shape index (κ2) is 2.46. The van der Waals surface area contributed by atoms with Crippen LogP contribution in [0.2, 0.25) is 0 Å². The van der Waals surface area contributed by atoms with Gasteiger partial charge in [0.1, 0.15) is 0 Å². The third kappa shape index (κ3) is 1.46. The van der Waals surface area contributed by atoms with Crippen molar-refractivity contribution in [3.8, 4) is 0 Å². The fourth-order valence-corrected chi connectivity index (χ4v) is 0.967. The van der Waals surface area contributed by atoms with Gasteiger partial charge in [-0.1, -0.05) is 0 Å². The van der Waals surface area contributed by atoms with Crippen LogP contribution in [0.1, 0.15) is 26.2 Å². The summed E-state index contributed by atoms with van der Waals surface area (Å²) in [6.45, 7) is 1.95. The lowest BCUT2D eigenvalue weighted by atomic mass is 10.1. The highest BCUT2D eigenvalue weighted by Crippen LogP contribution is 2.14. The van der Waals surface area contributed by atoms with E-state index in [1.54, 1.807) is 0 Å². The number of rotatable bonds is 0. The third-order valence-electron chi connectivity index (χ3n) is 1.43. The normalized spacial score (nSPS) is 39.8. The van der Waals surface area contributed by atoms with Crippen LogP contribution >= 0.6 is 0 Å². The van der Waals surface area contributed by atoms with Gasteiger partial charge in [0, 0.05) is 0 Å². The summed E-state index contributed by atoms with van der Waals surface area (Å²) in [4.78, 5) is 0. The molecule has 2 heteroatoms. The van der Waals surface area contributed by atoms with Gasteiger partial charge in [-0.2, -0.15) is 0 Å². The van der Waals surface area contributed by atoms with Crippen molar-refractivity contribution in [2.75, 3.05) is 0 Å². The largest absolute Gasteiger partial charge is 0.831 e. The summed E-state index contributed by atoms with van der Waals surface area (Å²) in [5.41, 5.74) is 0. The van der Waals surface area contributed by atoms with Gasteiger partial charge in [-0.05, 0) is 32.5 Å². The van der Waals surface area contributed by atoms with Crippen molar-refractivity contribution in [1.82, 2.24) is 0 Å². The molecule has 2 nitrogen and oxygen atoms in total. The summed E-state index contributed by atoms with van der Waals surface area (Å²) >= 11 is 0. The molecule has 2 atom stereocenters. The molecular formula is C6H11O2-. The van der Waals surface area contributed by atoms with Crippen molar-refractivity contribution < 1.29 is 9.84 Å². The Kier molecular flexibility index (Phi) is 1.86. The average molecular weight is 115 g/mol. The predicted octanol–water partition coefficient (Wildman–Crippen LogP) is 0.262. The molecule has 0 spiro atoms. The fraction of sp³-hybridized carbons (Fsp3) is 1.00. The Morgan fingerprint density at radius 2 is 2.25 bits per heavy atom.